The van der Waals surface area contributed by atoms with Crippen LogP contribution in [0.3, 0.4) is 0 Å². The summed E-state index contributed by atoms with van der Waals surface area (Å²) < 4.78 is 0. The first-order valence-corrected chi connectivity index (χ1v) is 12.2. The molecular formula is C27H44O3. The van der Waals surface area contributed by atoms with Gasteiger partial charge in [0.1, 0.15) is 0 Å². The molecule has 3 aliphatic carbocycles. The zero-order valence-electron chi connectivity index (χ0n) is 19.7. The van der Waals surface area contributed by atoms with Crippen molar-refractivity contribution < 1.29 is 15.3 Å². The Bertz CT molecular complexity index is 683. The molecule has 3 fully saturated rings. The molecule has 0 aromatic rings. The highest BCUT2D eigenvalue weighted by Crippen LogP contribution is 2.60. The zero-order chi connectivity index (χ0) is 22.1. The number of allylic oxidation sites excluding steroid dienone is 3. The van der Waals surface area contributed by atoms with Crippen molar-refractivity contribution in [1.82, 2.24) is 0 Å². The lowest BCUT2D eigenvalue weighted by Gasteiger charge is -2.44. The van der Waals surface area contributed by atoms with Crippen molar-refractivity contribution in [3.05, 3.63) is 35.5 Å². The van der Waals surface area contributed by atoms with Crippen molar-refractivity contribution in [3.63, 3.8) is 0 Å². The van der Waals surface area contributed by atoms with Gasteiger partial charge in [-0.1, -0.05) is 51.0 Å². The van der Waals surface area contributed by atoms with Crippen LogP contribution in [0.1, 0.15) is 91.9 Å². The van der Waals surface area contributed by atoms with E-state index in [9.17, 15) is 15.3 Å². The lowest BCUT2D eigenvalue weighted by molar-refractivity contribution is 0.0596. The standard InChI is InChI=1S/C27H44O3/c1-18(8-6-14-26(3,4)30)23-12-13-24-20(9-7-15-27(23,24)5)10-11-21-16-22(28)17-25(29)19(21)2/h10-11,18,22-25,28-30H,2,6-9,12-17H2,1,3-5H3/t18?,22-,23-,24?,25?,27+/m1/s1. The molecule has 3 nitrogen and oxygen atoms in total. The molecule has 30 heavy (non-hydrogen) atoms. The van der Waals surface area contributed by atoms with Gasteiger partial charge < -0.3 is 15.3 Å². The summed E-state index contributed by atoms with van der Waals surface area (Å²) in [5, 5.41) is 30.2. The van der Waals surface area contributed by atoms with Crippen molar-refractivity contribution in [2.75, 3.05) is 0 Å². The summed E-state index contributed by atoms with van der Waals surface area (Å²) in [5.74, 6) is 2.11. The van der Waals surface area contributed by atoms with Gasteiger partial charge >= 0.3 is 0 Å². The highest BCUT2D eigenvalue weighted by Gasteiger charge is 2.50. The van der Waals surface area contributed by atoms with E-state index in [0.717, 1.165) is 29.9 Å². The first kappa shape index (κ1) is 23.8. The molecule has 0 aromatic heterocycles. The monoisotopic (exact) mass is 416 g/mol. The van der Waals surface area contributed by atoms with Crippen molar-refractivity contribution in [2.24, 2.45) is 23.2 Å². The summed E-state index contributed by atoms with van der Waals surface area (Å²) in [5.41, 5.74) is 3.17. The third kappa shape index (κ3) is 5.29. The number of rotatable bonds is 6. The first-order valence-electron chi connectivity index (χ1n) is 12.2. The summed E-state index contributed by atoms with van der Waals surface area (Å²) in [6.45, 7) is 12.8. The Kier molecular flexibility index (Phi) is 7.37. The summed E-state index contributed by atoms with van der Waals surface area (Å²) in [4.78, 5) is 0. The van der Waals surface area contributed by atoms with E-state index in [2.05, 4.69) is 32.6 Å². The summed E-state index contributed by atoms with van der Waals surface area (Å²) >= 11 is 0. The van der Waals surface area contributed by atoms with Crippen molar-refractivity contribution in [1.29, 1.82) is 0 Å². The molecule has 0 radical (unpaired) electrons. The fourth-order valence-electron chi connectivity index (χ4n) is 6.74. The second kappa shape index (κ2) is 9.30. The van der Waals surface area contributed by atoms with E-state index in [0.29, 0.717) is 30.1 Å². The molecule has 0 spiro atoms. The molecule has 0 bridgehead atoms. The largest absolute Gasteiger partial charge is 0.393 e. The molecule has 0 heterocycles. The van der Waals surface area contributed by atoms with Gasteiger partial charge in [-0.05, 0) is 93.1 Å². The van der Waals surface area contributed by atoms with Crippen LogP contribution in [0, 0.1) is 23.2 Å². The molecular weight excluding hydrogens is 372 g/mol. The molecule has 6 atom stereocenters. The van der Waals surface area contributed by atoms with Gasteiger partial charge in [0.15, 0.2) is 0 Å². The summed E-state index contributed by atoms with van der Waals surface area (Å²) in [6.07, 6.45) is 13.9. The Labute approximate surface area is 184 Å². The van der Waals surface area contributed by atoms with Gasteiger partial charge in [0, 0.05) is 6.42 Å². The molecule has 0 saturated heterocycles. The zero-order valence-corrected chi connectivity index (χ0v) is 19.7. The Morgan fingerprint density at radius 3 is 2.67 bits per heavy atom. The van der Waals surface area contributed by atoms with Crippen LogP contribution in [0.25, 0.3) is 0 Å². The fraction of sp³-hybridized carbons (Fsp3) is 0.778. The Hall–Kier alpha value is -0.900. The topological polar surface area (TPSA) is 60.7 Å². The average molecular weight is 417 g/mol. The Balaban J connectivity index is 1.70. The maximum absolute atomic E-state index is 10.1. The maximum atomic E-state index is 10.1. The van der Waals surface area contributed by atoms with E-state index in [4.69, 9.17) is 0 Å². The Morgan fingerprint density at radius 1 is 1.23 bits per heavy atom. The fourth-order valence-corrected chi connectivity index (χ4v) is 6.74. The Morgan fingerprint density at radius 2 is 1.97 bits per heavy atom. The van der Waals surface area contributed by atoms with Crippen LogP contribution in [-0.2, 0) is 0 Å². The van der Waals surface area contributed by atoms with Gasteiger partial charge in [0.2, 0.25) is 0 Å². The second-order valence-electron chi connectivity index (χ2n) is 11.3. The number of hydrogen-bond donors (Lipinski definition) is 3. The van der Waals surface area contributed by atoms with Crippen LogP contribution >= 0.6 is 0 Å². The predicted molar refractivity (Wildman–Crippen MR) is 124 cm³/mol. The molecule has 3 N–H and O–H groups in total. The number of fused-ring (bicyclic) bond motifs is 1. The van der Waals surface area contributed by atoms with Gasteiger partial charge in [-0.25, -0.2) is 0 Å². The van der Waals surface area contributed by atoms with Crippen LogP contribution in [-0.4, -0.2) is 33.1 Å². The molecule has 3 unspecified atom stereocenters. The molecule has 3 aliphatic rings. The minimum absolute atomic E-state index is 0.374. The molecule has 170 valence electrons. The van der Waals surface area contributed by atoms with Crippen LogP contribution in [0.5, 0.6) is 0 Å². The van der Waals surface area contributed by atoms with Gasteiger partial charge in [-0.3, -0.25) is 0 Å². The molecule has 0 aromatic carbocycles. The van der Waals surface area contributed by atoms with Crippen LogP contribution in [0.2, 0.25) is 0 Å². The van der Waals surface area contributed by atoms with E-state index in [1.54, 1.807) is 5.57 Å². The number of aliphatic hydroxyl groups is 3. The van der Waals surface area contributed by atoms with E-state index >= 15 is 0 Å². The normalized spacial score (nSPS) is 38.8. The average Bonchev–Trinajstić information content (AvgIpc) is 3.00. The molecule has 3 saturated carbocycles. The second-order valence-corrected chi connectivity index (χ2v) is 11.3. The number of hydrogen-bond acceptors (Lipinski definition) is 3. The minimum atomic E-state index is -0.615. The highest BCUT2D eigenvalue weighted by atomic mass is 16.3. The van der Waals surface area contributed by atoms with Crippen LogP contribution in [0.4, 0.5) is 0 Å². The van der Waals surface area contributed by atoms with Gasteiger partial charge in [-0.2, -0.15) is 0 Å². The maximum Gasteiger partial charge on any atom is 0.0811 e. The highest BCUT2D eigenvalue weighted by molar-refractivity contribution is 5.38. The van der Waals surface area contributed by atoms with Gasteiger partial charge in [0.25, 0.3) is 0 Å². The first-order chi connectivity index (χ1) is 14.0. The molecule has 3 heteroatoms. The van der Waals surface area contributed by atoms with Crippen LogP contribution < -0.4 is 0 Å². The van der Waals surface area contributed by atoms with Gasteiger partial charge in [0.05, 0.1) is 17.8 Å². The molecule has 0 aliphatic heterocycles. The SMILES string of the molecule is C=C1C(=CC=C2CCC[C@]3(C)C2CC[C@@H]3C(C)CCCC(C)(C)O)C[C@@H](O)CC1O. The third-order valence-electron chi connectivity index (χ3n) is 8.44. The minimum Gasteiger partial charge on any atom is -0.393 e. The molecule has 0 amide bonds. The third-order valence-corrected chi connectivity index (χ3v) is 8.44. The van der Waals surface area contributed by atoms with Crippen molar-refractivity contribution >= 4 is 0 Å². The van der Waals surface area contributed by atoms with Crippen molar-refractivity contribution in [2.45, 2.75) is 110 Å². The number of aliphatic hydroxyl groups excluding tert-OH is 2. The van der Waals surface area contributed by atoms with E-state index in [1.807, 2.05) is 13.8 Å². The predicted octanol–water partition coefficient (Wildman–Crippen LogP) is 5.70. The quantitative estimate of drug-likeness (QED) is 0.520. The summed E-state index contributed by atoms with van der Waals surface area (Å²) in [6, 6.07) is 0. The van der Waals surface area contributed by atoms with E-state index in [-0.39, 0.29) is 0 Å². The van der Waals surface area contributed by atoms with E-state index < -0.39 is 17.8 Å². The molecule has 3 rings (SSSR count). The lowest BCUT2D eigenvalue weighted by atomic mass is 9.60. The smallest absolute Gasteiger partial charge is 0.0811 e. The summed E-state index contributed by atoms with van der Waals surface area (Å²) in [7, 11) is 0. The van der Waals surface area contributed by atoms with Crippen LogP contribution in [0.15, 0.2) is 35.5 Å². The van der Waals surface area contributed by atoms with Crippen molar-refractivity contribution in [3.8, 4) is 0 Å². The van der Waals surface area contributed by atoms with E-state index in [1.165, 1.54) is 38.5 Å². The van der Waals surface area contributed by atoms with Gasteiger partial charge in [-0.15, -0.1) is 0 Å². The lowest BCUT2D eigenvalue weighted by Crippen LogP contribution is -2.36.